The Bertz CT molecular complexity index is 490. The molecule has 0 aliphatic rings. The maximum atomic E-state index is 11.4. The Morgan fingerprint density at radius 1 is 1.50 bits per heavy atom. The van der Waals surface area contributed by atoms with Crippen LogP contribution in [0.1, 0.15) is 10.4 Å². The lowest BCUT2D eigenvalue weighted by Crippen LogP contribution is -2.00. The third kappa shape index (κ3) is 1.49. The van der Waals surface area contributed by atoms with Crippen LogP contribution in [0, 0.1) is 0 Å². The average Bonchev–Trinajstić information content (AvgIpc) is 2.62. The zero-order valence-electron chi connectivity index (χ0n) is 7.41. The molecule has 1 aromatic carbocycles. The number of benzene rings is 1. The van der Waals surface area contributed by atoms with Crippen molar-refractivity contribution in [2.24, 2.45) is 0 Å². The van der Waals surface area contributed by atoms with Crippen LogP contribution >= 0.6 is 22.9 Å². The van der Waals surface area contributed by atoms with Gasteiger partial charge in [-0.15, -0.1) is 11.3 Å². The fourth-order valence-corrected chi connectivity index (χ4v) is 2.42. The Labute approximate surface area is 90.1 Å². The lowest BCUT2D eigenvalue weighted by molar-refractivity contribution is 0.0603. The first-order valence-corrected chi connectivity index (χ1v) is 5.23. The molecule has 1 heterocycles. The number of hydrogen-bond donors (Lipinski definition) is 0. The molecule has 0 aliphatic carbocycles. The van der Waals surface area contributed by atoms with Gasteiger partial charge in [0.2, 0.25) is 0 Å². The lowest BCUT2D eigenvalue weighted by Gasteiger charge is -2.01. The first kappa shape index (κ1) is 9.49. The van der Waals surface area contributed by atoms with E-state index < -0.39 is 0 Å². The molecule has 0 bridgehead atoms. The van der Waals surface area contributed by atoms with Crippen LogP contribution in [0.4, 0.5) is 0 Å². The van der Waals surface area contributed by atoms with Crippen molar-refractivity contribution in [3.63, 3.8) is 0 Å². The van der Waals surface area contributed by atoms with E-state index in [-0.39, 0.29) is 5.97 Å². The molecular weight excluding hydrogens is 220 g/mol. The summed E-state index contributed by atoms with van der Waals surface area (Å²) in [5.74, 6) is -0.347. The van der Waals surface area contributed by atoms with Gasteiger partial charge < -0.3 is 4.74 Å². The second kappa shape index (κ2) is 3.59. The number of esters is 1. The monoisotopic (exact) mass is 226 g/mol. The zero-order valence-corrected chi connectivity index (χ0v) is 8.98. The van der Waals surface area contributed by atoms with Crippen LogP contribution in [0.25, 0.3) is 10.1 Å². The summed E-state index contributed by atoms with van der Waals surface area (Å²) in [6, 6.07) is 5.39. The van der Waals surface area contributed by atoms with Gasteiger partial charge in [-0.05, 0) is 29.0 Å². The van der Waals surface area contributed by atoms with Crippen molar-refractivity contribution in [1.29, 1.82) is 0 Å². The van der Waals surface area contributed by atoms with Crippen LogP contribution < -0.4 is 0 Å². The number of carbonyl (C=O) groups excluding carboxylic acids is 1. The van der Waals surface area contributed by atoms with Crippen LogP contribution in [0.2, 0.25) is 5.02 Å². The number of fused-ring (bicyclic) bond motifs is 1. The highest BCUT2D eigenvalue weighted by atomic mass is 35.5. The largest absolute Gasteiger partial charge is 0.465 e. The number of carbonyl (C=O) groups is 1. The highest BCUT2D eigenvalue weighted by Gasteiger charge is 2.12. The van der Waals surface area contributed by atoms with E-state index in [4.69, 9.17) is 11.6 Å². The maximum Gasteiger partial charge on any atom is 0.339 e. The molecule has 14 heavy (non-hydrogen) atoms. The molecule has 0 atom stereocenters. The molecule has 0 spiro atoms. The Kier molecular flexibility index (Phi) is 2.44. The van der Waals surface area contributed by atoms with Gasteiger partial charge in [0.15, 0.2) is 0 Å². The van der Waals surface area contributed by atoms with E-state index in [1.165, 1.54) is 18.4 Å². The van der Waals surface area contributed by atoms with Gasteiger partial charge in [0.05, 0.1) is 12.7 Å². The van der Waals surface area contributed by atoms with E-state index >= 15 is 0 Å². The molecule has 0 saturated carbocycles. The Morgan fingerprint density at radius 3 is 3.00 bits per heavy atom. The van der Waals surface area contributed by atoms with Gasteiger partial charge >= 0.3 is 5.97 Å². The Hall–Kier alpha value is -1.06. The molecule has 4 heteroatoms. The molecule has 2 aromatic rings. The number of methoxy groups -OCH3 is 1. The smallest absolute Gasteiger partial charge is 0.339 e. The van der Waals surface area contributed by atoms with E-state index in [0.29, 0.717) is 10.6 Å². The van der Waals surface area contributed by atoms with Crippen molar-refractivity contribution in [3.8, 4) is 0 Å². The van der Waals surface area contributed by atoms with Gasteiger partial charge in [-0.2, -0.15) is 0 Å². The number of halogens is 1. The van der Waals surface area contributed by atoms with Crippen molar-refractivity contribution in [3.05, 3.63) is 34.2 Å². The number of thiophene rings is 1. The minimum Gasteiger partial charge on any atom is -0.465 e. The molecule has 0 radical (unpaired) electrons. The third-order valence-electron chi connectivity index (χ3n) is 1.92. The van der Waals surface area contributed by atoms with Crippen LogP contribution in [-0.4, -0.2) is 13.1 Å². The predicted molar refractivity (Wildman–Crippen MR) is 58.2 cm³/mol. The molecule has 0 N–H and O–H groups in total. The molecule has 1 aromatic heterocycles. The maximum absolute atomic E-state index is 11.4. The van der Waals surface area contributed by atoms with E-state index in [0.717, 1.165) is 10.1 Å². The second-order valence-corrected chi connectivity index (χ2v) is 4.14. The van der Waals surface area contributed by atoms with Gasteiger partial charge in [0.25, 0.3) is 0 Å². The van der Waals surface area contributed by atoms with Gasteiger partial charge in [-0.3, -0.25) is 0 Å². The number of rotatable bonds is 1. The number of hydrogen-bond acceptors (Lipinski definition) is 3. The molecule has 0 fully saturated rings. The first-order valence-electron chi connectivity index (χ1n) is 3.97. The van der Waals surface area contributed by atoms with Gasteiger partial charge in [0, 0.05) is 9.72 Å². The summed E-state index contributed by atoms with van der Waals surface area (Å²) < 4.78 is 5.60. The van der Waals surface area contributed by atoms with E-state index in [9.17, 15) is 4.79 Å². The summed E-state index contributed by atoms with van der Waals surface area (Å²) in [4.78, 5) is 11.4. The summed E-state index contributed by atoms with van der Waals surface area (Å²) in [5, 5.41) is 3.45. The molecule has 0 amide bonds. The van der Waals surface area contributed by atoms with E-state index in [1.807, 2.05) is 17.5 Å². The van der Waals surface area contributed by atoms with Crippen LogP contribution in [0.3, 0.4) is 0 Å². The highest BCUT2D eigenvalue weighted by molar-refractivity contribution is 7.17. The second-order valence-electron chi connectivity index (χ2n) is 2.78. The molecule has 0 saturated heterocycles. The Morgan fingerprint density at radius 2 is 2.29 bits per heavy atom. The summed E-state index contributed by atoms with van der Waals surface area (Å²) in [6.07, 6.45) is 0. The van der Waals surface area contributed by atoms with E-state index in [2.05, 4.69) is 4.74 Å². The quantitative estimate of drug-likeness (QED) is 0.698. The van der Waals surface area contributed by atoms with Crippen molar-refractivity contribution in [2.45, 2.75) is 0 Å². The summed E-state index contributed by atoms with van der Waals surface area (Å²) >= 11 is 7.39. The standard InChI is InChI=1S/C10H7ClO2S/c1-13-10(12)8-5-7(11)4-6-2-3-14-9(6)8/h2-5H,1H3. The first-order chi connectivity index (χ1) is 6.72. The molecule has 2 nitrogen and oxygen atoms in total. The SMILES string of the molecule is COC(=O)c1cc(Cl)cc2ccsc12. The van der Waals surface area contributed by atoms with Crippen LogP contribution in [0.15, 0.2) is 23.6 Å². The van der Waals surface area contributed by atoms with E-state index in [1.54, 1.807) is 6.07 Å². The number of ether oxygens (including phenoxy) is 1. The fourth-order valence-electron chi connectivity index (χ4n) is 1.31. The summed E-state index contributed by atoms with van der Waals surface area (Å²) in [5.41, 5.74) is 0.532. The fraction of sp³-hybridized carbons (Fsp3) is 0.100. The molecular formula is C10H7ClO2S. The topological polar surface area (TPSA) is 26.3 Å². The summed E-state index contributed by atoms with van der Waals surface area (Å²) in [6.45, 7) is 0. The molecule has 72 valence electrons. The summed E-state index contributed by atoms with van der Waals surface area (Å²) in [7, 11) is 1.36. The van der Waals surface area contributed by atoms with Gasteiger partial charge in [-0.1, -0.05) is 11.6 Å². The third-order valence-corrected chi connectivity index (χ3v) is 3.10. The highest BCUT2D eigenvalue weighted by Crippen LogP contribution is 2.28. The predicted octanol–water partition coefficient (Wildman–Crippen LogP) is 3.34. The normalized spacial score (nSPS) is 10.4. The average molecular weight is 227 g/mol. The lowest BCUT2D eigenvalue weighted by atomic mass is 10.2. The van der Waals surface area contributed by atoms with Crippen LogP contribution in [-0.2, 0) is 4.74 Å². The zero-order chi connectivity index (χ0) is 10.1. The van der Waals surface area contributed by atoms with Crippen molar-refractivity contribution >= 4 is 39.0 Å². The van der Waals surface area contributed by atoms with Gasteiger partial charge in [-0.25, -0.2) is 4.79 Å². The molecule has 2 rings (SSSR count). The van der Waals surface area contributed by atoms with Crippen molar-refractivity contribution in [2.75, 3.05) is 7.11 Å². The minimum atomic E-state index is -0.347. The Balaban J connectivity index is 2.72. The van der Waals surface area contributed by atoms with Crippen molar-refractivity contribution in [1.82, 2.24) is 0 Å². The van der Waals surface area contributed by atoms with Crippen molar-refractivity contribution < 1.29 is 9.53 Å². The molecule has 0 aliphatic heterocycles. The van der Waals surface area contributed by atoms with Gasteiger partial charge in [0.1, 0.15) is 0 Å². The molecule has 0 unspecified atom stereocenters. The minimum absolute atomic E-state index is 0.347. The van der Waals surface area contributed by atoms with Crippen LogP contribution in [0.5, 0.6) is 0 Å².